The molecule has 1 saturated heterocycles. The van der Waals surface area contributed by atoms with Crippen LogP contribution in [-0.4, -0.2) is 39.4 Å². The summed E-state index contributed by atoms with van der Waals surface area (Å²) in [6.45, 7) is 3.03. The maximum absolute atomic E-state index is 13.5. The van der Waals surface area contributed by atoms with Gasteiger partial charge in [0.1, 0.15) is 11.6 Å². The Hall–Kier alpha value is -3.14. The van der Waals surface area contributed by atoms with Crippen LogP contribution in [-0.2, 0) is 10.9 Å². The summed E-state index contributed by atoms with van der Waals surface area (Å²) in [5.74, 6) is 0.317. The number of H-pyrrole nitrogens is 1. The molecule has 1 aliphatic rings. The number of rotatable bonds is 4. The van der Waals surface area contributed by atoms with Gasteiger partial charge in [-0.15, -0.1) is 0 Å². The van der Waals surface area contributed by atoms with Gasteiger partial charge < -0.3 is 15.8 Å². The van der Waals surface area contributed by atoms with Crippen LogP contribution in [0.3, 0.4) is 0 Å². The average Bonchev–Trinajstić information content (AvgIpc) is 3.13. The highest BCUT2D eigenvalue weighted by atomic mass is 19.4. The van der Waals surface area contributed by atoms with Crippen LogP contribution in [0.4, 0.5) is 24.8 Å². The molecule has 0 aliphatic carbocycles. The van der Waals surface area contributed by atoms with Gasteiger partial charge in [-0.25, -0.2) is 9.97 Å². The van der Waals surface area contributed by atoms with Crippen molar-refractivity contribution < 1.29 is 17.9 Å². The zero-order valence-corrected chi connectivity index (χ0v) is 16.3. The molecule has 1 fully saturated rings. The third-order valence-corrected chi connectivity index (χ3v) is 4.93. The molecule has 4 N–H and O–H groups in total. The first-order valence-electron chi connectivity index (χ1n) is 9.53. The van der Waals surface area contributed by atoms with Gasteiger partial charge in [-0.3, -0.25) is 5.10 Å². The number of aromatic amines is 1. The van der Waals surface area contributed by atoms with Crippen LogP contribution in [0, 0.1) is 6.92 Å². The quantitative estimate of drug-likeness (QED) is 0.591. The van der Waals surface area contributed by atoms with Crippen LogP contribution in [0.2, 0.25) is 0 Å². The van der Waals surface area contributed by atoms with Gasteiger partial charge in [-0.05, 0) is 31.9 Å². The number of alkyl halides is 3. The summed E-state index contributed by atoms with van der Waals surface area (Å²) in [6.07, 6.45) is -3.05. The summed E-state index contributed by atoms with van der Waals surface area (Å²) < 4.78 is 46.0. The zero-order chi connectivity index (χ0) is 21.3. The molecule has 0 bridgehead atoms. The zero-order valence-electron chi connectivity index (χ0n) is 16.3. The van der Waals surface area contributed by atoms with Crippen molar-refractivity contribution >= 4 is 11.6 Å². The van der Waals surface area contributed by atoms with E-state index in [0.29, 0.717) is 30.3 Å². The molecule has 1 aromatic carbocycles. The molecular formula is C20H21F3N6O. The van der Waals surface area contributed by atoms with E-state index in [2.05, 4.69) is 25.5 Å². The lowest BCUT2D eigenvalue weighted by Crippen LogP contribution is -2.28. The van der Waals surface area contributed by atoms with Crippen LogP contribution in [0.25, 0.3) is 22.6 Å². The van der Waals surface area contributed by atoms with E-state index < -0.39 is 11.7 Å². The Morgan fingerprint density at radius 3 is 2.57 bits per heavy atom. The second-order valence-corrected chi connectivity index (χ2v) is 7.17. The van der Waals surface area contributed by atoms with Gasteiger partial charge in [0.15, 0.2) is 5.82 Å². The number of nitrogen functional groups attached to an aromatic ring is 1. The van der Waals surface area contributed by atoms with Crippen molar-refractivity contribution in [3.63, 3.8) is 0 Å². The fraction of sp³-hybridized carbons (Fsp3) is 0.350. The third-order valence-electron chi connectivity index (χ3n) is 4.93. The largest absolute Gasteiger partial charge is 0.417 e. The maximum atomic E-state index is 13.5. The van der Waals surface area contributed by atoms with Crippen LogP contribution >= 0.6 is 0 Å². The maximum Gasteiger partial charge on any atom is 0.417 e. The van der Waals surface area contributed by atoms with E-state index in [1.165, 1.54) is 18.2 Å². The van der Waals surface area contributed by atoms with Crippen LogP contribution in [0.5, 0.6) is 0 Å². The minimum atomic E-state index is -4.54. The lowest BCUT2D eigenvalue weighted by molar-refractivity contribution is -0.137. The van der Waals surface area contributed by atoms with E-state index in [1.807, 2.05) is 6.92 Å². The summed E-state index contributed by atoms with van der Waals surface area (Å²) in [7, 11) is 0. The Balaban J connectivity index is 1.84. The van der Waals surface area contributed by atoms with E-state index in [1.54, 1.807) is 6.07 Å². The van der Waals surface area contributed by atoms with Crippen molar-refractivity contribution in [1.29, 1.82) is 0 Å². The number of halogens is 3. The Labute approximate surface area is 170 Å². The molecule has 0 spiro atoms. The Morgan fingerprint density at radius 1 is 1.17 bits per heavy atom. The fourth-order valence-corrected chi connectivity index (χ4v) is 3.46. The highest BCUT2D eigenvalue weighted by Crippen LogP contribution is 2.38. The summed E-state index contributed by atoms with van der Waals surface area (Å²) >= 11 is 0. The van der Waals surface area contributed by atoms with Gasteiger partial charge in [0.2, 0.25) is 0 Å². The van der Waals surface area contributed by atoms with Crippen molar-refractivity contribution in [3.8, 4) is 22.6 Å². The van der Waals surface area contributed by atoms with Gasteiger partial charge in [0.25, 0.3) is 0 Å². The van der Waals surface area contributed by atoms with E-state index in [0.717, 1.165) is 24.6 Å². The molecule has 0 unspecified atom stereocenters. The Morgan fingerprint density at radius 2 is 1.90 bits per heavy atom. The normalized spacial score (nSPS) is 15.3. The molecule has 0 radical (unpaired) electrons. The highest BCUT2D eigenvalue weighted by molar-refractivity contribution is 5.84. The lowest BCUT2D eigenvalue weighted by atomic mass is 10.1. The molecule has 4 rings (SSSR count). The van der Waals surface area contributed by atoms with Crippen molar-refractivity contribution in [2.45, 2.75) is 32.0 Å². The van der Waals surface area contributed by atoms with Gasteiger partial charge in [0, 0.05) is 30.5 Å². The minimum Gasteiger partial charge on any atom is -0.383 e. The van der Waals surface area contributed by atoms with Crippen molar-refractivity contribution in [2.24, 2.45) is 0 Å². The molecule has 0 amide bonds. The average molecular weight is 418 g/mol. The monoisotopic (exact) mass is 418 g/mol. The van der Waals surface area contributed by atoms with Gasteiger partial charge in [-0.1, -0.05) is 18.2 Å². The number of benzene rings is 1. The number of aromatic nitrogens is 4. The van der Waals surface area contributed by atoms with E-state index in [-0.39, 0.29) is 23.2 Å². The summed E-state index contributed by atoms with van der Waals surface area (Å²) in [6, 6.07) is 7.03. The van der Waals surface area contributed by atoms with E-state index >= 15 is 0 Å². The number of hydrogen-bond donors (Lipinski definition) is 3. The van der Waals surface area contributed by atoms with E-state index in [4.69, 9.17) is 10.5 Å². The molecule has 3 aromatic rings. The number of nitrogens with two attached hydrogens (primary N) is 1. The Bertz CT molecular complexity index is 1040. The SMILES string of the molecule is Cc1cc(-c2c(N)nc(-c3ccccc3C(F)(F)F)nc2NC2CCOCC2)n[nH]1. The summed E-state index contributed by atoms with van der Waals surface area (Å²) in [5, 5.41) is 10.4. The number of hydrogen-bond acceptors (Lipinski definition) is 6. The smallest absolute Gasteiger partial charge is 0.383 e. The summed E-state index contributed by atoms with van der Waals surface area (Å²) in [4.78, 5) is 8.67. The van der Waals surface area contributed by atoms with Crippen LogP contribution in [0.15, 0.2) is 30.3 Å². The topological polar surface area (TPSA) is 102 Å². The molecule has 0 saturated carbocycles. The number of anilines is 2. The molecule has 0 atom stereocenters. The first-order valence-corrected chi connectivity index (χ1v) is 9.53. The number of nitrogens with one attached hydrogen (secondary N) is 2. The number of ether oxygens (including phenoxy) is 1. The number of aryl methyl sites for hydroxylation is 1. The van der Waals surface area contributed by atoms with Crippen LogP contribution < -0.4 is 11.1 Å². The van der Waals surface area contributed by atoms with Gasteiger partial charge >= 0.3 is 6.18 Å². The fourth-order valence-electron chi connectivity index (χ4n) is 3.46. The minimum absolute atomic E-state index is 0.0533. The molecular weight excluding hydrogens is 397 g/mol. The highest BCUT2D eigenvalue weighted by Gasteiger charge is 2.34. The first-order chi connectivity index (χ1) is 14.3. The lowest BCUT2D eigenvalue weighted by Gasteiger charge is -2.25. The van der Waals surface area contributed by atoms with Crippen molar-refractivity contribution in [1.82, 2.24) is 20.2 Å². The molecule has 30 heavy (non-hydrogen) atoms. The van der Waals surface area contributed by atoms with Crippen molar-refractivity contribution in [3.05, 3.63) is 41.6 Å². The predicted molar refractivity (Wildman–Crippen MR) is 107 cm³/mol. The summed E-state index contributed by atoms with van der Waals surface area (Å²) in [5.41, 5.74) is 7.06. The van der Waals surface area contributed by atoms with Gasteiger partial charge in [-0.2, -0.15) is 18.3 Å². The first kappa shape index (κ1) is 20.1. The third kappa shape index (κ3) is 4.09. The molecule has 7 nitrogen and oxygen atoms in total. The predicted octanol–water partition coefficient (Wildman–Crippen LogP) is 4.03. The molecule has 1 aliphatic heterocycles. The Kier molecular flexibility index (Phi) is 5.33. The molecule has 2 aromatic heterocycles. The molecule has 10 heteroatoms. The van der Waals surface area contributed by atoms with E-state index in [9.17, 15) is 13.2 Å². The standard InChI is InChI=1S/C20H21F3N6O/c1-11-10-15(29-28-11)16-17(24)26-18(13-4-2-3-5-14(13)20(21,22)23)27-19(16)25-12-6-8-30-9-7-12/h2-5,10,12H,6-9H2,1H3,(H,28,29)(H3,24,25,26,27). The van der Waals surface area contributed by atoms with Gasteiger partial charge in [0.05, 0.1) is 16.8 Å². The number of nitrogens with zero attached hydrogens (tertiary/aromatic N) is 3. The second kappa shape index (κ2) is 7.94. The second-order valence-electron chi connectivity index (χ2n) is 7.17. The van der Waals surface area contributed by atoms with Crippen LogP contribution in [0.1, 0.15) is 24.1 Å². The molecule has 158 valence electrons. The molecule has 3 heterocycles. The van der Waals surface area contributed by atoms with Crippen molar-refractivity contribution in [2.75, 3.05) is 24.3 Å².